The van der Waals surface area contributed by atoms with E-state index in [2.05, 4.69) is 126 Å². The van der Waals surface area contributed by atoms with Crippen molar-refractivity contribution in [2.75, 3.05) is 60.5 Å². The van der Waals surface area contributed by atoms with E-state index in [1.54, 1.807) is 18.3 Å². The fourth-order valence-corrected chi connectivity index (χ4v) is 11.7. The molecule has 2 fully saturated rings. The summed E-state index contributed by atoms with van der Waals surface area (Å²) in [5.74, 6) is 2.89. The number of ether oxygens (including phenoxy) is 3. The van der Waals surface area contributed by atoms with Crippen LogP contribution in [0.25, 0.3) is 33.3 Å². The number of rotatable bonds is 30. The van der Waals surface area contributed by atoms with Crippen molar-refractivity contribution in [3.8, 4) is 28.1 Å². The Labute approximate surface area is 491 Å². The van der Waals surface area contributed by atoms with Gasteiger partial charge in [0, 0.05) is 85.0 Å². The van der Waals surface area contributed by atoms with Gasteiger partial charge in [0.25, 0.3) is 12.4 Å². The van der Waals surface area contributed by atoms with E-state index < -0.39 is 17.5 Å². The predicted molar refractivity (Wildman–Crippen MR) is 330 cm³/mol. The lowest BCUT2D eigenvalue weighted by molar-refractivity contribution is -0.141. The minimum absolute atomic E-state index is 0.0808. The number of nitrogens with one attached hydrogen (secondary N) is 2. The number of amides is 2. The van der Waals surface area contributed by atoms with Gasteiger partial charge < -0.3 is 38.6 Å². The number of hydrogen-bond donors (Lipinski definition) is 2. The Bertz CT molecular complexity index is 2750. The summed E-state index contributed by atoms with van der Waals surface area (Å²) in [6, 6.07) is 15.1. The fraction of sp³-hybridized carbons (Fsp3) is 0.612. The molecular formula is C67H101N7O8. The van der Waals surface area contributed by atoms with Crippen molar-refractivity contribution in [1.29, 1.82) is 0 Å². The molecule has 2 aromatic carbocycles. The quantitative estimate of drug-likeness (QED) is 0.0376. The first kappa shape index (κ1) is 67.1. The summed E-state index contributed by atoms with van der Waals surface area (Å²) < 4.78 is 20.1. The van der Waals surface area contributed by atoms with Gasteiger partial charge in [0.2, 0.25) is 5.91 Å². The Balaban J connectivity index is 0.000000999. The highest BCUT2D eigenvalue weighted by molar-refractivity contribution is 5.95. The Morgan fingerprint density at radius 3 is 2.22 bits per heavy atom. The predicted octanol–water partition coefficient (Wildman–Crippen LogP) is 11.5. The Hall–Kier alpha value is -5.74. The van der Waals surface area contributed by atoms with Crippen LogP contribution in [0.4, 0.5) is 0 Å². The largest absolute Gasteiger partial charge is 0.467 e. The van der Waals surface area contributed by atoms with E-state index in [4.69, 9.17) is 19.2 Å². The Morgan fingerprint density at radius 1 is 0.927 bits per heavy atom. The third kappa shape index (κ3) is 18.1. The minimum Gasteiger partial charge on any atom is -0.467 e. The van der Waals surface area contributed by atoms with E-state index in [0.717, 1.165) is 88.0 Å². The fourth-order valence-electron chi connectivity index (χ4n) is 11.7. The topological polar surface area (TPSA) is 165 Å². The molecule has 0 bridgehead atoms. The molecular weight excluding hydrogens is 1030 g/mol. The van der Waals surface area contributed by atoms with E-state index in [-0.39, 0.29) is 54.1 Å². The maximum absolute atomic E-state index is 14.7. The molecule has 0 spiro atoms. The number of hydrogen-bond acceptors (Lipinski definition) is 12. The van der Waals surface area contributed by atoms with Crippen LogP contribution in [0, 0.1) is 46.3 Å². The molecule has 2 aliphatic rings. The van der Waals surface area contributed by atoms with Crippen LogP contribution < -0.4 is 15.5 Å². The molecule has 2 N–H and O–H groups in total. The van der Waals surface area contributed by atoms with E-state index in [9.17, 15) is 24.0 Å². The highest BCUT2D eigenvalue weighted by atomic mass is 16.5. The second kappa shape index (κ2) is 30.7. The number of aromatic nitrogens is 2. The van der Waals surface area contributed by atoms with Gasteiger partial charge in [-0.05, 0) is 162 Å². The van der Waals surface area contributed by atoms with Crippen LogP contribution in [0.5, 0.6) is 5.75 Å². The van der Waals surface area contributed by atoms with E-state index in [0.29, 0.717) is 75.4 Å². The summed E-state index contributed by atoms with van der Waals surface area (Å²) in [7, 11) is 5.61. The molecule has 1 saturated heterocycles. The summed E-state index contributed by atoms with van der Waals surface area (Å²) >= 11 is 0. The molecule has 6 rings (SSSR count). The number of allylic oxidation sites excluding steroid dienone is 1. The maximum Gasteiger partial charge on any atom is 0.293 e. The standard InChI is InChI=1S/C57H83N7O7.C10H18O/c1-15-61(12)34-41(35-65)23-27-62(13)52(38(3)4)54(67)60-49(55(68)64-26-18-17-25-59-64)30-42-28-44(31-45(29-42)71-40(6)56(7,8)9)43-21-22-50-47(32-43)48(33-57(10,11)36-70-37-66)53(63(50)16-2)46-20-19-24-58-51(46)39(5)69-14;1-7(2)10(8(3)6-11)9-4-5-9/h19-22,24,28-29,31-32,35,37-39,41,49,52,59H,6,15-18,23,25-27,30,33-34,36H2,1-5,7-14H3,(H,60,67);6-10H,4-5H2,1-3H3. The summed E-state index contributed by atoms with van der Waals surface area (Å²) in [6.07, 6.45) is 9.54. The molecule has 1 aliphatic heterocycles. The van der Waals surface area contributed by atoms with E-state index >= 15 is 0 Å². The second-order valence-corrected chi connectivity index (χ2v) is 25.7. The SMILES string of the molecule is C=C(Oc1cc(CC(NC(=O)C(C(C)C)N(C)CCC(C=O)CN(C)CC)C(=O)N2CCCCN2)cc(-c2ccc3c(c2)c(CC(C)(C)COC=O)c(-c2cccnc2C(C)OC)n3CC)c1)C(C)(C)C.CC(C)C(C(C)C=O)C1CC1. The van der Waals surface area contributed by atoms with Crippen LogP contribution in [0.3, 0.4) is 0 Å². The zero-order chi connectivity index (χ0) is 60.6. The number of aldehydes is 2. The van der Waals surface area contributed by atoms with Gasteiger partial charge in [0.1, 0.15) is 30.1 Å². The molecule has 4 aromatic rings. The normalized spacial score (nSPS) is 16.3. The molecule has 6 unspecified atom stereocenters. The molecule has 1 saturated carbocycles. The Morgan fingerprint density at radius 2 is 1.65 bits per heavy atom. The van der Waals surface area contributed by atoms with Crippen molar-refractivity contribution >= 4 is 41.8 Å². The van der Waals surface area contributed by atoms with Gasteiger partial charge in [-0.2, -0.15) is 0 Å². The second-order valence-electron chi connectivity index (χ2n) is 25.7. The van der Waals surface area contributed by atoms with Gasteiger partial charge in [0.05, 0.1) is 30.1 Å². The van der Waals surface area contributed by atoms with Crippen molar-refractivity contribution in [2.24, 2.45) is 46.3 Å². The number of likely N-dealkylation sites (N-methyl/N-ethyl adjacent to an activating group) is 1. The number of benzene rings is 2. The van der Waals surface area contributed by atoms with Gasteiger partial charge >= 0.3 is 0 Å². The zero-order valence-electron chi connectivity index (χ0n) is 52.7. The van der Waals surface area contributed by atoms with Crippen molar-refractivity contribution in [3.63, 3.8) is 0 Å². The van der Waals surface area contributed by atoms with Gasteiger partial charge in [-0.15, -0.1) is 0 Å². The maximum atomic E-state index is 14.7. The van der Waals surface area contributed by atoms with Crippen LogP contribution in [-0.4, -0.2) is 128 Å². The summed E-state index contributed by atoms with van der Waals surface area (Å²) in [5.41, 5.74) is 10.0. The molecule has 15 nitrogen and oxygen atoms in total. The first-order chi connectivity index (χ1) is 38.8. The number of nitrogens with zero attached hydrogens (tertiary/aromatic N) is 5. The number of methoxy groups -OCH3 is 1. The van der Waals surface area contributed by atoms with E-state index in [1.165, 1.54) is 12.8 Å². The lowest BCUT2D eigenvalue weighted by atomic mass is 9.81. The van der Waals surface area contributed by atoms with Crippen LogP contribution in [0.2, 0.25) is 0 Å². The molecule has 452 valence electrons. The number of carbonyl (C=O) groups is 5. The lowest BCUT2D eigenvalue weighted by Gasteiger charge is -2.34. The van der Waals surface area contributed by atoms with Gasteiger partial charge in [-0.1, -0.05) is 94.9 Å². The smallest absolute Gasteiger partial charge is 0.293 e. The monoisotopic (exact) mass is 1130 g/mol. The molecule has 1 aliphatic carbocycles. The van der Waals surface area contributed by atoms with Gasteiger partial charge in [-0.25, -0.2) is 5.43 Å². The summed E-state index contributed by atoms with van der Waals surface area (Å²) in [5, 5.41) is 5.93. The lowest BCUT2D eigenvalue weighted by Crippen LogP contribution is -2.59. The third-order valence-corrected chi connectivity index (χ3v) is 16.6. The number of carbonyl (C=O) groups excluding carboxylic acids is 5. The van der Waals surface area contributed by atoms with Gasteiger partial charge in [0.15, 0.2) is 0 Å². The summed E-state index contributed by atoms with van der Waals surface area (Å²) in [4.78, 5) is 72.4. The average molecular weight is 1130 g/mol. The van der Waals surface area contributed by atoms with Crippen LogP contribution in [-0.2, 0) is 52.8 Å². The van der Waals surface area contributed by atoms with Crippen LogP contribution in [0.15, 0.2) is 67.1 Å². The molecule has 0 radical (unpaired) electrons. The third-order valence-electron chi connectivity index (χ3n) is 16.6. The minimum atomic E-state index is -0.910. The molecule has 15 heteroatoms. The van der Waals surface area contributed by atoms with Crippen molar-refractivity contribution < 1.29 is 38.2 Å². The molecule has 6 atom stereocenters. The first-order valence-corrected chi connectivity index (χ1v) is 30.2. The van der Waals surface area contributed by atoms with Gasteiger partial charge in [-0.3, -0.25) is 29.3 Å². The molecule has 82 heavy (non-hydrogen) atoms. The molecule has 2 amide bonds. The van der Waals surface area contributed by atoms with Crippen LogP contribution >= 0.6 is 0 Å². The zero-order valence-corrected chi connectivity index (χ0v) is 52.7. The Kier molecular flexibility index (Phi) is 25.1. The van der Waals surface area contributed by atoms with Crippen molar-refractivity contribution in [1.82, 2.24) is 35.1 Å². The van der Waals surface area contributed by atoms with E-state index in [1.807, 2.05) is 58.0 Å². The van der Waals surface area contributed by atoms with Crippen molar-refractivity contribution in [3.05, 3.63) is 83.9 Å². The average Bonchev–Trinajstić information content (AvgIpc) is 4.44. The highest BCUT2D eigenvalue weighted by Crippen LogP contribution is 2.44. The molecule has 3 heterocycles. The molecule has 2 aromatic heterocycles. The highest BCUT2D eigenvalue weighted by Gasteiger charge is 2.37. The van der Waals surface area contributed by atoms with Crippen LogP contribution in [0.1, 0.15) is 145 Å². The van der Waals surface area contributed by atoms with Crippen molar-refractivity contribution in [2.45, 2.75) is 160 Å². The number of hydrazine groups is 1. The number of pyridine rings is 1. The first-order valence-electron chi connectivity index (χ1n) is 30.2. The number of aryl methyl sites for hydroxylation is 1. The summed E-state index contributed by atoms with van der Waals surface area (Å²) in [6.45, 7) is 36.0. The number of fused-ring (bicyclic) bond motifs is 1.